The Morgan fingerprint density at radius 3 is 2.56 bits per heavy atom. The van der Waals surface area contributed by atoms with Crippen LogP contribution < -0.4 is 0 Å². The molecule has 146 valence electrons. The second-order valence-electron chi connectivity index (χ2n) is 9.69. The topological polar surface area (TPSA) is 46.5 Å². The van der Waals surface area contributed by atoms with Crippen molar-refractivity contribution in [1.29, 1.82) is 0 Å². The van der Waals surface area contributed by atoms with E-state index in [1.54, 1.807) is 6.92 Å². The smallest absolute Gasteiger partial charge is 0.192 e. The molecule has 0 aromatic rings. The predicted octanol–water partition coefficient (Wildman–Crippen LogP) is 5.49. The fourth-order valence-corrected chi connectivity index (χ4v) is 4.54. The SMILES string of the molecule is CC(=O)CCC[C@@]1(C)CCC[C@H](O)[C@@H]1/C=C/CO[Si](C)(C)C(C)(C)C. The second-order valence-corrected chi connectivity index (χ2v) is 14.5. The quantitative estimate of drug-likeness (QED) is 0.455. The summed E-state index contributed by atoms with van der Waals surface area (Å²) in [5, 5.41) is 10.8. The van der Waals surface area contributed by atoms with E-state index in [2.05, 4.69) is 52.9 Å². The van der Waals surface area contributed by atoms with Gasteiger partial charge < -0.3 is 14.3 Å². The van der Waals surface area contributed by atoms with Gasteiger partial charge in [0.25, 0.3) is 0 Å². The van der Waals surface area contributed by atoms with Crippen LogP contribution >= 0.6 is 0 Å². The Balaban J connectivity index is 2.68. The van der Waals surface area contributed by atoms with Crippen LogP contribution in [0.5, 0.6) is 0 Å². The fraction of sp³-hybridized carbons (Fsp3) is 0.857. The van der Waals surface area contributed by atoms with E-state index in [0.29, 0.717) is 13.0 Å². The molecule has 1 N–H and O–H groups in total. The van der Waals surface area contributed by atoms with Crippen molar-refractivity contribution in [2.45, 2.75) is 97.4 Å². The van der Waals surface area contributed by atoms with Gasteiger partial charge in [0.1, 0.15) is 5.78 Å². The molecule has 0 heterocycles. The van der Waals surface area contributed by atoms with Crippen LogP contribution in [0.2, 0.25) is 18.1 Å². The van der Waals surface area contributed by atoms with Crippen LogP contribution in [0.3, 0.4) is 0 Å². The molecule has 0 saturated heterocycles. The van der Waals surface area contributed by atoms with Gasteiger partial charge in [-0.2, -0.15) is 0 Å². The van der Waals surface area contributed by atoms with Gasteiger partial charge in [0.15, 0.2) is 8.32 Å². The maximum atomic E-state index is 11.2. The zero-order valence-corrected chi connectivity index (χ0v) is 18.5. The molecule has 0 aliphatic heterocycles. The van der Waals surface area contributed by atoms with E-state index in [4.69, 9.17) is 4.43 Å². The highest BCUT2D eigenvalue weighted by Crippen LogP contribution is 2.45. The summed E-state index contributed by atoms with van der Waals surface area (Å²) in [6, 6.07) is 0. The number of aliphatic hydroxyl groups excluding tert-OH is 1. The van der Waals surface area contributed by atoms with Gasteiger partial charge in [-0.15, -0.1) is 0 Å². The Morgan fingerprint density at radius 2 is 2.00 bits per heavy atom. The maximum Gasteiger partial charge on any atom is 0.192 e. The molecule has 0 spiro atoms. The molecule has 0 amide bonds. The van der Waals surface area contributed by atoms with Crippen molar-refractivity contribution in [2.75, 3.05) is 6.61 Å². The van der Waals surface area contributed by atoms with E-state index in [-0.39, 0.29) is 28.3 Å². The minimum absolute atomic E-state index is 0.0839. The van der Waals surface area contributed by atoms with Gasteiger partial charge in [-0.05, 0) is 56.2 Å². The number of Topliss-reactive ketones (excluding diaryl/α,β-unsaturated/α-hetero) is 1. The van der Waals surface area contributed by atoms with E-state index in [9.17, 15) is 9.90 Å². The summed E-state index contributed by atoms with van der Waals surface area (Å²) in [7, 11) is -1.73. The number of carbonyl (C=O) groups excluding carboxylic acids is 1. The second kappa shape index (κ2) is 8.96. The molecule has 0 aromatic heterocycles. The van der Waals surface area contributed by atoms with Gasteiger partial charge in [-0.3, -0.25) is 0 Å². The van der Waals surface area contributed by atoms with Crippen molar-refractivity contribution in [1.82, 2.24) is 0 Å². The standard InChI is InChI=1S/C21H40O3Si/c1-17(22)11-8-14-21(5)15-9-13-19(23)18(21)12-10-16-24-25(6,7)20(2,3)4/h10,12,18-19,23H,8-9,11,13-16H2,1-7H3/b12-10+/t18-,19-,21-/m0/s1. The van der Waals surface area contributed by atoms with Crippen molar-refractivity contribution in [3.05, 3.63) is 12.2 Å². The molecule has 1 fully saturated rings. The van der Waals surface area contributed by atoms with Crippen molar-refractivity contribution in [3.8, 4) is 0 Å². The minimum Gasteiger partial charge on any atom is -0.413 e. The van der Waals surface area contributed by atoms with Crippen LogP contribution in [0, 0.1) is 11.3 Å². The average molecular weight is 369 g/mol. The molecule has 0 bridgehead atoms. The molecule has 25 heavy (non-hydrogen) atoms. The first-order chi connectivity index (χ1) is 11.4. The highest BCUT2D eigenvalue weighted by atomic mass is 28.4. The van der Waals surface area contributed by atoms with Crippen molar-refractivity contribution in [2.24, 2.45) is 11.3 Å². The monoisotopic (exact) mass is 368 g/mol. The molecule has 1 aliphatic rings. The van der Waals surface area contributed by atoms with E-state index in [1.807, 2.05) is 0 Å². The van der Waals surface area contributed by atoms with E-state index in [1.165, 1.54) is 0 Å². The van der Waals surface area contributed by atoms with Crippen LogP contribution in [0.15, 0.2) is 12.2 Å². The molecular formula is C21H40O3Si. The highest BCUT2D eigenvalue weighted by Gasteiger charge is 2.40. The van der Waals surface area contributed by atoms with Crippen LogP contribution in [0.1, 0.15) is 73.1 Å². The predicted molar refractivity (Wildman–Crippen MR) is 108 cm³/mol. The number of rotatable bonds is 8. The number of aliphatic hydroxyl groups is 1. The number of hydrogen-bond donors (Lipinski definition) is 1. The Kier molecular flexibility index (Phi) is 8.10. The zero-order valence-electron chi connectivity index (χ0n) is 17.5. The fourth-order valence-electron chi connectivity index (χ4n) is 3.59. The molecule has 1 rings (SSSR count). The summed E-state index contributed by atoms with van der Waals surface area (Å²) in [6.45, 7) is 15.8. The molecule has 0 radical (unpaired) electrons. The van der Waals surface area contributed by atoms with Crippen LogP contribution in [0.4, 0.5) is 0 Å². The average Bonchev–Trinajstić information content (AvgIpc) is 2.44. The summed E-state index contributed by atoms with van der Waals surface area (Å²) in [5.74, 6) is 0.422. The number of hydrogen-bond acceptors (Lipinski definition) is 3. The third kappa shape index (κ3) is 6.65. The summed E-state index contributed by atoms with van der Waals surface area (Å²) in [4.78, 5) is 11.2. The molecule has 0 unspecified atom stereocenters. The molecule has 3 atom stereocenters. The summed E-state index contributed by atoms with van der Waals surface area (Å²) < 4.78 is 6.23. The van der Waals surface area contributed by atoms with Crippen molar-refractivity contribution >= 4 is 14.1 Å². The van der Waals surface area contributed by atoms with Gasteiger partial charge in [0, 0.05) is 12.3 Å². The van der Waals surface area contributed by atoms with E-state index in [0.717, 1.165) is 32.1 Å². The zero-order chi connectivity index (χ0) is 19.3. The van der Waals surface area contributed by atoms with Crippen molar-refractivity contribution in [3.63, 3.8) is 0 Å². The van der Waals surface area contributed by atoms with Gasteiger partial charge in [0.2, 0.25) is 0 Å². The van der Waals surface area contributed by atoms with Crippen LogP contribution in [-0.4, -0.2) is 31.9 Å². The first kappa shape index (κ1) is 22.6. The first-order valence-corrected chi connectivity index (χ1v) is 12.8. The van der Waals surface area contributed by atoms with Gasteiger partial charge >= 0.3 is 0 Å². The first-order valence-electron chi connectivity index (χ1n) is 9.87. The van der Waals surface area contributed by atoms with E-state index < -0.39 is 8.32 Å². The summed E-state index contributed by atoms with van der Waals surface area (Å²) in [5.41, 5.74) is 0.0839. The van der Waals surface area contributed by atoms with Gasteiger partial charge in [0.05, 0.1) is 12.7 Å². The normalized spacial score (nSPS) is 28.5. The molecule has 3 nitrogen and oxygen atoms in total. The Hall–Kier alpha value is -0.453. The van der Waals surface area contributed by atoms with Gasteiger partial charge in [-0.1, -0.05) is 46.3 Å². The van der Waals surface area contributed by atoms with Crippen LogP contribution in [0.25, 0.3) is 0 Å². The summed E-state index contributed by atoms with van der Waals surface area (Å²) in [6.07, 6.45) is 9.67. The molecule has 0 aromatic carbocycles. The van der Waals surface area contributed by atoms with E-state index >= 15 is 0 Å². The highest BCUT2D eigenvalue weighted by molar-refractivity contribution is 6.74. The van der Waals surface area contributed by atoms with Crippen molar-refractivity contribution < 1.29 is 14.3 Å². The van der Waals surface area contributed by atoms with Gasteiger partial charge in [-0.25, -0.2) is 0 Å². The lowest BCUT2D eigenvalue weighted by molar-refractivity contribution is -0.117. The maximum absolute atomic E-state index is 11.2. The lowest BCUT2D eigenvalue weighted by atomic mass is 9.63. The van der Waals surface area contributed by atoms with Crippen LogP contribution in [-0.2, 0) is 9.22 Å². The third-order valence-electron chi connectivity index (χ3n) is 6.43. The third-order valence-corrected chi connectivity index (χ3v) is 10.9. The number of carbonyl (C=O) groups is 1. The summed E-state index contributed by atoms with van der Waals surface area (Å²) >= 11 is 0. The Bertz CT molecular complexity index is 464. The lowest BCUT2D eigenvalue weighted by Crippen LogP contribution is -2.41. The Labute approximate surface area is 156 Å². The number of ketones is 1. The molecule has 1 saturated carbocycles. The molecular weight excluding hydrogens is 328 g/mol. The molecule has 1 aliphatic carbocycles. The minimum atomic E-state index is -1.73. The lowest BCUT2D eigenvalue weighted by Gasteiger charge is -2.43. The Morgan fingerprint density at radius 1 is 1.36 bits per heavy atom. The largest absolute Gasteiger partial charge is 0.413 e. The molecule has 4 heteroatoms.